The van der Waals surface area contributed by atoms with Crippen LogP contribution in [0.1, 0.15) is 97.3 Å². The fraction of sp³-hybridized carbons (Fsp3) is 0.846. The molecule has 0 aromatic heterocycles. The van der Waals surface area contributed by atoms with Crippen molar-refractivity contribution in [1.29, 1.82) is 5.41 Å². The molecule has 12 nitrogen and oxygen atoms in total. The van der Waals surface area contributed by atoms with Crippen LogP contribution in [0.2, 0.25) is 0 Å². The van der Waals surface area contributed by atoms with Gasteiger partial charge in [0.25, 0.3) is 0 Å². The second-order valence-electron chi connectivity index (χ2n) is 9.67. The number of carbonyl (C=O) groups is 3. The maximum absolute atomic E-state index is 11.3. The number of unbranched alkanes of at least 4 members (excludes halogenated alkanes) is 6. The number of nitrogens with zero attached hydrogens (tertiary/aromatic N) is 1. The van der Waals surface area contributed by atoms with Gasteiger partial charge in [-0.25, -0.2) is 9.69 Å². The highest BCUT2D eigenvalue weighted by molar-refractivity contribution is 5.92. The molecule has 2 unspecified atom stereocenters. The largest absolute Gasteiger partial charge is 0.480 e. The summed E-state index contributed by atoms with van der Waals surface area (Å²) in [7, 11) is 0. The molecule has 1 heterocycles. The molecule has 0 radical (unpaired) electrons. The highest BCUT2D eigenvalue weighted by Gasteiger charge is 2.25. The van der Waals surface area contributed by atoms with Crippen molar-refractivity contribution >= 4 is 23.9 Å². The highest BCUT2D eigenvalue weighted by atomic mass is 16.5. The van der Waals surface area contributed by atoms with Gasteiger partial charge < -0.3 is 36.4 Å². The van der Waals surface area contributed by atoms with E-state index in [1.54, 1.807) is 6.92 Å². The van der Waals surface area contributed by atoms with Gasteiger partial charge in [-0.15, -0.1) is 0 Å². The Morgan fingerprint density at radius 1 is 1.05 bits per heavy atom. The number of aliphatic hydroxyl groups is 1. The number of carboxylic acids is 1. The number of ether oxygens (including phenoxy) is 1. The molecule has 3 atom stereocenters. The lowest BCUT2D eigenvalue weighted by Gasteiger charge is -2.21. The van der Waals surface area contributed by atoms with Crippen LogP contribution in [-0.4, -0.2) is 88.6 Å². The second kappa shape index (κ2) is 22.5. The number of aliphatic hydroxyl groups excluding tert-OH is 1. The average Bonchev–Trinajstić information content (AvgIpc) is 3.29. The Morgan fingerprint density at radius 3 is 2.21 bits per heavy atom. The first-order chi connectivity index (χ1) is 18.1. The first-order valence-corrected chi connectivity index (χ1v) is 14.0. The van der Waals surface area contributed by atoms with E-state index in [0.717, 1.165) is 17.7 Å². The van der Waals surface area contributed by atoms with Crippen LogP contribution < -0.4 is 16.4 Å². The lowest BCUT2D eigenvalue weighted by Crippen LogP contribution is -2.39. The first kappa shape index (κ1) is 35.6. The molecule has 1 aliphatic heterocycles. The van der Waals surface area contributed by atoms with E-state index in [1.807, 2.05) is 0 Å². The lowest BCUT2D eigenvalue weighted by molar-refractivity contribution is -0.139. The standard InChI is InChI=1S/C21H44N4O4.C5H7NO3/c1-3-4-5-6-7-8-9-13-19(17(2)26)29-16-11-15-24-18(20(27)28)12-10-14-25-21(22)23;7-4-2-1-3-6(4)5(8)9/h17-19,24,26H,3-16H2,1-2H3,(H,27,28)(H4,22,23,25);1-3H2,(H,8,9)/t17?,18-,19?;/m0./s1. The summed E-state index contributed by atoms with van der Waals surface area (Å²) in [5.41, 5.74) is 5.20. The van der Waals surface area contributed by atoms with E-state index in [0.29, 0.717) is 58.3 Å². The first-order valence-electron chi connectivity index (χ1n) is 14.0. The number of nitrogens with one attached hydrogen (secondary N) is 3. The highest BCUT2D eigenvalue weighted by Crippen LogP contribution is 2.14. The molecule has 8 N–H and O–H groups in total. The fourth-order valence-corrected chi connectivity index (χ4v) is 4.04. The molecule has 222 valence electrons. The predicted molar refractivity (Wildman–Crippen MR) is 146 cm³/mol. The summed E-state index contributed by atoms with van der Waals surface area (Å²) in [6.07, 6.45) is 10.6. The molecule has 0 aromatic carbocycles. The van der Waals surface area contributed by atoms with Crippen molar-refractivity contribution in [2.24, 2.45) is 5.73 Å². The Kier molecular flexibility index (Phi) is 21.1. The predicted octanol–water partition coefficient (Wildman–Crippen LogP) is 2.88. The number of imide groups is 1. The van der Waals surface area contributed by atoms with Gasteiger partial charge in [-0.1, -0.05) is 51.9 Å². The number of amides is 2. The van der Waals surface area contributed by atoms with Crippen molar-refractivity contribution in [1.82, 2.24) is 15.5 Å². The SMILES string of the molecule is CCCCCCCCCC(OCCCN[C@@H](CCCNC(=N)N)C(=O)O)C(C)O.O=C(O)N1CCCC1=O. The van der Waals surface area contributed by atoms with Crippen molar-refractivity contribution in [3.05, 3.63) is 0 Å². The van der Waals surface area contributed by atoms with Crippen LogP contribution in [0.15, 0.2) is 0 Å². The molecular formula is C26H51N5O7. The zero-order valence-corrected chi connectivity index (χ0v) is 23.3. The summed E-state index contributed by atoms with van der Waals surface area (Å²) in [5, 5.41) is 40.3. The third-order valence-corrected chi connectivity index (χ3v) is 6.26. The van der Waals surface area contributed by atoms with Gasteiger partial charge in [-0.2, -0.15) is 0 Å². The van der Waals surface area contributed by atoms with E-state index in [9.17, 15) is 24.6 Å². The van der Waals surface area contributed by atoms with Crippen molar-refractivity contribution in [2.75, 3.05) is 26.2 Å². The fourth-order valence-electron chi connectivity index (χ4n) is 4.04. The van der Waals surface area contributed by atoms with Crippen molar-refractivity contribution < 1.29 is 34.4 Å². The van der Waals surface area contributed by atoms with Gasteiger partial charge >= 0.3 is 12.1 Å². The maximum Gasteiger partial charge on any atom is 0.414 e. The monoisotopic (exact) mass is 545 g/mol. The van der Waals surface area contributed by atoms with Gasteiger partial charge in [0.15, 0.2) is 5.96 Å². The van der Waals surface area contributed by atoms with Crippen LogP contribution in [0.25, 0.3) is 0 Å². The van der Waals surface area contributed by atoms with Gasteiger partial charge in [0, 0.05) is 26.1 Å². The molecular weight excluding hydrogens is 494 g/mol. The Balaban J connectivity index is 0.00000127. The quantitative estimate of drug-likeness (QED) is 0.0678. The molecule has 0 aliphatic carbocycles. The summed E-state index contributed by atoms with van der Waals surface area (Å²) in [5.74, 6) is -1.26. The zero-order chi connectivity index (χ0) is 28.8. The molecule has 12 heteroatoms. The molecule has 1 aliphatic rings. The average molecular weight is 546 g/mol. The van der Waals surface area contributed by atoms with Crippen LogP contribution in [0.3, 0.4) is 0 Å². The Labute approximate surface area is 227 Å². The Morgan fingerprint density at radius 2 is 1.71 bits per heavy atom. The molecule has 38 heavy (non-hydrogen) atoms. The molecule has 0 saturated carbocycles. The van der Waals surface area contributed by atoms with E-state index in [-0.39, 0.29) is 18.0 Å². The van der Waals surface area contributed by atoms with E-state index >= 15 is 0 Å². The number of hydrogen-bond acceptors (Lipinski definition) is 7. The number of rotatable bonds is 20. The smallest absolute Gasteiger partial charge is 0.414 e. The van der Waals surface area contributed by atoms with E-state index < -0.39 is 24.2 Å². The van der Waals surface area contributed by atoms with Gasteiger partial charge in [-0.3, -0.25) is 15.0 Å². The zero-order valence-electron chi connectivity index (χ0n) is 23.3. The number of carbonyl (C=O) groups excluding carboxylic acids is 1. The topological polar surface area (TPSA) is 198 Å². The molecule has 1 saturated heterocycles. The number of hydrogen-bond donors (Lipinski definition) is 7. The van der Waals surface area contributed by atoms with Gasteiger partial charge in [-0.05, 0) is 45.6 Å². The summed E-state index contributed by atoms with van der Waals surface area (Å²) in [6, 6.07) is -0.621. The third kappa shape index (κ3) is 18.8. The minimum Gasteiger partial charge on any atom is -0.480 e. The van der Waals surface area contributed by atoms with Crippen molar-refractivity contribution in [3.63, 3.8) is 0 Å². The summed E-state index contributed by atoms with van der Waals surface area (Å²) in [6.45, 7) is 5.88. The second-order valence-corrected chi connectivity index (χ2v) is 9.67. The molecule has 0 spiro atoms. The third-order valence-electron chi connectivity index (χ3n) is 6.26. The van der Waals surface area contributed by atoms with Crippen LogP contribution in [0.5, 0.6) is 0 Å². The number of carboxylic acid groups (broad SMARTS) is 2. The molecule has 2 amide bonds. The van der Waals surface area contributed by atoms with Crippen LogP contribution in [-0.2, 0) is 14.3 Å². The number of nitrogens with two attached hydrogens (primary N) is 1. The Hall–Kier alpha value is -2.44. The maximum atomic E-state index is 11.3. The Bertz CT molecular complexity index is 678. The lowest BCUT2D eigenvalue weighted by atomic mass is 10.0. The van der Waals surface area contributed by atoms with Crippen molar-refractivity contribution in [3.8, 4) is 0 Å². The summed E-state index contributed by atoms with van der Waals surface area (Å²) < 4.78 is 5.83. The van der Waals surface area contributed by atoms with Crippen LogP contribution in [0, 0.1) is 5.41 Å². The van der Waals surface area contributed by atoms with Crippen molar-refractivity contribution in [2.45, 2.75) is 116 Å². The van der Waals surface area contributed by atoms with Crippen LogP contribution in [0.4, 0.5) is 4.79 Å². The number of guanidine groups is 1. The normalized spacial score (nSPS) is 15.3. The molecule has 0 bridgehead atoms. The minimum absolute atomic E-state index is 0.105. The van der Waals surface area contributed by atoms with E-state index in [4.69, 9.17) is 21.0 Å². The van der Waals surface area contributed by atoms with E-state index in [1.165, 1.54) is 38.5 Å². The van der Waals surface area contributed by atoms with E-state index in [2.05, 4.69) is 17.6 Å². The number of aliphatic carboxylic acids is 1. The van der Waals surface area contributed by atoms with Gasteiger partial charge in [0.1, 0.15) is 6.04 Å². The number of likely N-dealkylation sites (tertiary alicyclic amines) is 1. The van der Waals surface area contributed by atoms with Gasteiger partial charge in [0.2, 0.25) is 5.91 Å². The molecule has 1 rings (SSSR count). The van der Waals surface area contributed by atoms with Gasteiger partial charge in [0.05, 0.1) is 12.2 Å². The molecule has 0 aromatic rings. The van der Waals surface area contributed by atoms with Crippen LogP contribution >= 0.6 is 0 Å². The minimum atomic E-state index is -1.13. The summed E-state index contributed by atoms with van der Waals surface area (Å²) >= 11 is 0. The molecule has 1 fully saturated rings. The summed E-state index contributed by atoms with van der Waals surface area (Å²) in [4.78, 5) is 32.8.